The van der Waals surface area contributed by atoms with Crippen LogP contribution in [-0.4, -0.2) is 32.2 Å². The van der Waals surface area contributed by atoms with Crippen molar-refractivity contribution in [1.29, 1.82) is 0 Å². The Morgan fingerprint density at radius 3 is 2.50 bits per heavy atom. The number of aryl methyl sites for hydroxylation is 3. The maximum absolute atomic E-state index is 11.9. The lowest BCUT2D eigenvalue weighted by Crippen LogP contribution is -2.25. The van der Waals surface area contributed by atoms with Crippen LogP contribution in [-0.2, 0) is 11.2 Å². The van der Waals surface area contributed by atoms with Gasteiger partial charge in [0.2, 0.25) is 5.91 Å². The Balaban J connectivity index is 2.34. The second kappa shape index (κ2) is 6.51. The number of hydrogen-bond donors (Lipinski definition) is 1. The lowest BCUT2D eigenvalue weighted by atomic mass is 10.1. The van der Waals surface area contributed by atoms with Gasteiger partial charge in [-0.25, -0.2) is 14.6 Å². The molecule has 0 atom stereocenters. The first-order chi connectivity index (χ1) is 10.4. The number of carbonyl (C=O) groups excluding carboxylic acids is 1. The zero-order valence-corrected chi connectivity index (χ0v) is 13.5. The fourth-order valence-electron chi connectivity index (χ4n) is 2.34. The van der Waals surface area contributed by atoms with Crippen molar-refractivity contribution >= 4 is 5.91 Å². The number of nitrogens with zero attached hydrogens (tertiary/aromatic N) is 4. The van der Waals surface area contributed by atoms with Crippen LogP contribution >= 0.6 is 0 Å². The highest BCUT2D eigenvalue weighted by atomic mass is 16.1. The lowest BCUT2D eigenvalue weighted by molar-refractivity contribution is -0.120. The molecule has 0 spiro atoms. The van der Waals surface area contributed by atoms with Gasteiger partial charge in [-0.3, -0.25) is 4.79 Å². The van der Waals surface area contributed by atoms with Gasteiger partial charge < -0.3 is 5.32 Å². The van der Waals surface area contributed by atoms with Gasteiger partial charge in [0.1, 0.15) is 0 Å². The van der Waals surface area contributed by atoms with Crippen molar-refractivity contribution in [2.24, 2.45) is 0 Å². The standard InChI is InChI=1S/C16H21N5O/c1-6-7-17-15(22)9-14-12(4)20-21(13(14)5)16-18-10(2)8-11(3)19-16/h6,8H,1,7,9H2,2-5H3,(H,17,22). The number of aromatic nitrogens is 4. The molecule has 6 nitrogen and oxygen atoms in total. The summed E-state index contributed by atoms with van der Waals surface area (Å²) in [4.78, 5) is 20.8. The molecule has 0 aliphatic rings. The summed E-state index contributed by atoms with van der Waals surface area (Å²) in [6.07, 6.45) is 1.95. The van der Waals surface area contributed by atoms with Crippen LogP contribution in [0, 0.1) is 27.7 Å². The molecule has 2 aromatic heterocycles. The van der Waals surface area contributed by atoms with Crippen molar-refractivity contribution in [2.45, 2.75) is 34.1 Å². The molecule has 0 aromatic carbocycles. The summed E-state index contributed by atoms with van der Waals surface area (Å²) in [5.74, 6) is 0.489. The predicted octanol–water partition coefficient (Wildman–Crippen LogP) is 1.74. The number of hydrogen-bond acceptors (Lipinski definition) is 4. The van der Waals surface area contributed by atoms with Gasteiger partial charge in [-0.15, -0.1) is 6.58 Å². The van der Waals surface area contributed by atoms with Crippen molar-refractivity contribution in [3.8, 4) is 5.95 Å². The van der Waals surface area contributed by atoms with E-state index >= 15 is 0 Å². The molecule has 0 fully saturated rings. The van der Waals surface area contributed by atoms with E-state index in [1.54, 1.807) is 10.8 Å². The molecule has 0 unspecified atom stereocenters. The van der Waals surface area contributed by atoms with Crippen LogP contribution in [0.4, 0.5) is 0 Å². The summed E-state index contributed by atoms with van der Waals surface area (Å²) >= 11 is 0. The van der Waals surface area contributed by atoms with Gasteiger partial charge in [-0.1, -0.05) is 6.08 Å². The predicted molar refractivity (Wildman–Crippen MR) is 85.0 cm³/mol. The van der Waals surface area contributed by atoms with E-state index < -0.39 is 0 Å². The fraction of sp³-hybridized carbons (Fsp3) is 0.375. The zero-order valence-electron chi connectivity index (χ0n) is 13.5. The number of rotatable bonds is 5. The summed E-state index contributed by atoms with van der Waals surface area (Å²) in [6, 6.07) is 1.92. The molecule has 0 aliphatic heterocycles. The number of carbonyl (C=O) groups is 1. The Morgan fingerprint density at radius 1 is 1.27 bits per heavy atom. The Hall–Kier alpha value is -2.50. The number of nitrogens with one attached hydrogen (secondary N) is 1. The minimum atomic E-state index is -0.0491. The van der Waals surface area contributed by atoms with Crippen molar-refractivity contribution in [2.75, 3.05) is 6.54 Å². The van der Waals surface area contributed by atoms with Crippen LogP contribution in [0.2, 0.25) is 0 Å². The highest BCUT2D eigenvalue weighted by molar-refractivity contribution is 5.79. The second-order valence-corrected chi connectivity index (χ2v) is 5.28. The molecular formula is C16H21N5O. The van der Waals surface area contributed by atoms with Crippen LogP contribution in [0.5, 0.6) is 0 Å². The summed E-state index contributed by atoms with van der Waals surface area (Å²) in [5.41, 5.74) is 4.38. The molecule has 22 heavy (non-hydrogen) atoms. The van der Waals surface area contributed by atoms with E-state index in [2.05, 4.69) is 27.0 Å². The molecule has 1 N–H and O–H groups in total. The Bertz CT molecular complexity index is 697. The van der Waals surface area contributed by atoms with E-state index in [1.807, 2.05) is 33.8 Å². The van der Waals surface area contributed by atoms with Crippen LogP contribution in [0.3, 0.4) is 0 Å². The molecule has 0 bridgehead atoms. The van der Waals surface area contributed by atoms with Crippen molar-refractivity contribution in [1.82, 2.24) is 25.1 Å². The van der Waals surface area contributed by atoms with Gasteiger partial charge in [0.25, 0.3) is 5.95 Å². The normalized spacial score (nSPS) is 10.5. The van der Waals surface area contributed by atoms with Crippen LogP contribution in [0.15, 0.2) is 18.7 Å². The molecule has 0 saturated heterocycles. The van der Waals surface area contributed by atoms with Gasteiger partial charge in [0, 0.05) is 29.2 Å². The maximum Gasteiger partial charge on any atom is 0.251 e. The molecule has 0 radical (unpaired) electrons. The lowest BCUT2D eigenvalue weighted by Gasteiger charge is -2.06. The summed E-state index contributed by atoms with van der Waals surface area (Å²) < 4.78 is 1.70. The first-order valence-corrected chi connectivity index (χ1v) is 7.17. The number of amides is 1. The van der Waals surface area contributed by atoms with Gasteiger partial charge in [0.15, 0.2) is 0 Å². The Labute approximate surface area is 130 Å². The van der Waals surface area contributed by atoms with Gasteiger partial charge in [0.05, 0.1) is 12.1 Å². The molecule has 2 aromatic rings. The summed E-state index contributed by atoms with van der Waals surface area (Å²) in [6.45, 7) is 11.7. The van der Waals surface area contributed by atoms with Gasteiger partial charge in [-0.05, 0) is 33.8 Å². The van der Waals surface area contributed by atoms with Crippen LogP contribution in [0.25, 0.3) is 5.95 Å². The van der Waals surface area contributed by atoms with Gasteiger partial charge in [-0.2, -0.15) is 5.10 Å². The maximum atomic E-state index is 11.9. The van der Waals surface area contributed by atoms with Crippen molar-refractivity contribution in [3.05, 3.63) is 47.1 Å². The molecule has 2 heterocycles. The smallest absolute Gasteiger partial charge is 0.251 e. The van der Waals surface area contributed by atoms with Crippen molar-refractivity contribution in [3.63, 3.8) is 0 Å². The molecule has 0 aliphatic carbocycles. The molecule has 0 saturated carbocycles. The van der Waals surface area contributed by atoms with E-state index in [1.165, 1.54) is 0 Å². The van der Waals surface area contributed by atoms with E-state index in [4.69, 9.17) is 0 Å². The third-order valence-electron chi connectivity index (χ3n) is 3.38. The van der Waals surface area contributed by atoms with Crippen LogP contribution in [0.1, 0.15) is 28.3 Å². The molecule has 1 amide bonds. The van der Waals surface area contributed by atoms with Crippen LogP contribution < -0.4 is 5.32 Å². The highest BCUT2D eigenvalue weighted by Crippen LogP contribution is 2.17. The second-order valence-electron chi connectivity index (χ2n) is 5.28. The quantitative estimate of drug-likeness (QED) is 0.854. The summed E-state index contributed by atoms with van der Waals surface area (Å²) in [5, 5.41) is 7.26. The third kappa shape index (κ3) is 3.39. The van der Waals surface area contributed by atoms with E-state index in [0.717, 1.165) is 28.3 Å². The Kier molecular flexibility index (Phi) is 4.70. The zero-order chi connectivity index (χ0) is 16.3. The minimum absolute atomic E-state index is 0.0491. The fourth-order valence-corrected chi connectivity index (χ4v) is 2.34. The van der Waals surface area contributed by atoms with Gasteiger partial charge >= 0.3 is 0 Å². The highest BCUT2D eigenvalue weighted by Gasteiger charge is 2.17. The van der Waals surface area contributed by atoms with Crippen molar-refractivity contribution < 1.29 is 4.79 Å². The molecule has 2 rings (SSSR count). The average molecular weight is 299 g/mol. The SMILES string of the molecule is C=CCNC(=O)Cc1c(C)nn(-c2nc(C)cc(C)n2)c1C. The monoisotopic (exact) mass is 299 g/mol. The Morgan fingerprint density at radius 2 is 1.91 bits per heavy atom. The van der Waals surface area contributed by atoms with E-state index in [-0.39, 0.29) is 12.3 Å². The molecular weight excluding hydrogens is 278 g/mol. The topological polar surface area (TPSA) is 72.7 Å². The largest absolute Gasteiger partial charge is 0.352 e. The minimum Gasteiger partial charge on any atom is -0.352 e. The average Bonchev–Trinajstić information content (AvgIpc) is 2.72. The van der Waals surface area contributed by atoms with E-state index in [9.17, 15) is 4.79 Å². The molecule has 116 valence electrons. The first-order valence-electron chi connectivity index (χ1n) is 7.17. The first kappa shape index (κ1) is 15.9. The summed E-state index contributed by atoms with van der Waals surface area (Å²) in [7, 11) is 0. The van der Waals surface area contributed by atoms with E-state index in [0.29, 0.717) is 12.5 Å². The molecule has 6 heteroatoms. The third-order valence-corrected chi connectivity index (χ3v) is 3.38.